The molecule has 2 rings (SSSR count). The number of halogens is 6. The fourth-order valence-electron chi connectivity index (χ4n) is 6.82. The van der Waals surface area contributed by atoms with E-state index in [-0.39, 0.29) is 12.8 Å². The number of ketones is 1. The van der Waals surface area contributed by atoms with Gasteiger partial charge < -0.3 is 31.9 Å². The van der Waals surface area contributed by atoms with Crippen molar-refractivity contribution in [1.29, 1.82) is 0 Å². The summed E-state index contributed by atoms with van der Waals surface area (Å²) < 4.78 is 5.32. The Kier molecular flexibility index (Phi) is 26.2. The van der Waals surface area contributed by atoms with E-state index in [9.17, 15) is 24.6 Å². The van der Waals surface area contributed by atoms with Crippen molar-refractivity contribution in [3.8, 4) is 0 Å². The fourth-order valence-corrected chi connectivity index (χ4v) is 15.2. The summed E-state index contributed by atoms with van der Waals surface area (Å²) in [6.45, 7) is 0. The molecule has 0 aliphatic rings. The van der Waals surface area contributed by atoms with Crippen molar-refractivity contribution < 1.29 is 34.8 Å². The molecule has 2 aromatic rings. The van der Waals surface area contributed by atoms with Crippen molar-refractivity contribution in [2.45, 2.75) is 152 Å². The molecule has 8 N–H and O–H groups in total. The molecule has 4 unspecified atom stereocenters. The Morgan fingerprint density at radius 2 is 0.759 bits per heavy atom. The molecule has 2 aromatic carbocycles. The van der Waals surface area contributed by atoms with E-state index in [1.807, 2.05) is 12.1 Å². The first kappa shape index (κ1) is 51.1. The van der Waals surface area contributed by atoms with Crippen LogP contribution in [0.4, 0.5) is 11.4 Å². The highest BCUT2D eigenvalue weighted by Crippen LogP contribution is 2.42. The summed E-state index contributed by atoms with van der Waals surface area (Å²) in [5.41, 5.74) is 15.9. The summed E-state index contributed by atoms with van der Waals surface area (Å²) >= 11 is 13.4. The Hall–Kier alpha value is 0.950. The number of unbranched alkanes of at least 4 members (excludes halogenated alkanes) is 14. The fraction of sp³-hybridized carbons (Fsp3) is 0.615. The number of aliphatic hydroxyl groups excluding tert-OH is 2. The lowest BCUT2D eigenvalue weighted by Crippen LogP contribution is -2.40. The van der Waals surface area contributed by atoms with Gasteiger partial charge in [-0.25, -0.2) is 0 Å². The number of benzene rings is 2. The lowest BCUT2D eigenvalue weighted by atomic mass is 9.80. The van der Waals surface area contributed by atoms with Gasteiger partial charge in [-0.15, -0.1) is 0 Å². The second-order valence-electron chi connectivity index (χ2n) is 14.0. The number of nitrogen functional groups attached to an aromatic ring is 2. The molecule has 0 fully saturated rings. The van der Waals surface area contributed by atoms with Gasteiger partial charge in [0.05, 0.1) is 11.4 Å². The van der Waals surface area contributed by atoms with Crippen LogP contribution in [0.1, 0.15) is 151 Å². The molecular formula is C39H54I6N2O7. The minimum atomic E-state index is -1.43. The van der Waals surface area contributed by atoms with Crippen molar-refractivity contribution >= 4 is 165 Å². The highest BCUT2D eigenvalue weighted by Gasteiger charge is 2.39. The molecule has 0 aliphatic carbocycles. The summed E-state index contributed by atoms with van der Waals surface area (Å²) in [5, 5.41) is 41.7. The number of carbonyl (C=O) groups is 3. The van der Waals surface area contributed by atoms with Crippen LogP contribution in [-0.4, -0.2) is 50.4 Å². The maximum absolute atomic E-state index is 14.4. The maximum Gasteiger partial charge on any atom is 0.303 e. The van der Waals surface area contributed by atoms with E-state index in [1.54, 1.807) is 0 Å². The summed E-state index contributed by atoms with van der Waals surface area (Å²) in [6.07, 6.45) is 13.7. The first-order chi connectivity index (χ1) is 25.6. The van der Waals surface area contributed by atoms with E-state index in [0.29, 0.717) is 37.1 Å². The van der Waals surface area contributed by atoms with E-state index in [4.69, 9.17) is 21.7 Å². The van der Waals surface area contributed by atoms with Crippen LogP contribution < -0.4 is 11.5 Å². The predicted octanol–water partition coefficient (Wildman–Crippen LogP) is 11.6. The maximum atomic E-state index is 14.4. The van der Waals surface area contributed by atoms with Gasteiger partial charge in [-0.2, -0.15) is 0 Å². The largest absolute Gasteiger partial charge is 0.481 e. The number of carboxylic acid groups (broad SMARTS) is 2. The van der Waals surface area contributed by atoms with Crippen LogP contribution >= 0.6 is 136 Å². The molecule has 0 saturated carbocycles. The van der Waals surface area contributed by atoms with Crippen LogP contribution in [0.2, 0.25) is 0 Å². The number of Topliss-reactive ketones (excluding diaryl/α,β-unsaturated/α-hetero) is 1. The van der Waals surface area contributed by atoms with Crippen LogP contribution in [0, 0.1) is 21.4 Å². The number of carbonyl (C=O) groups excluding carboxylic acids is 1. The number of aliphatic hydroxyl groups is 2. The highest BCUT2D eigenvalue weighted by atomic mass is 127. The number of carboxylic acids is 2. The number of aliphatic carboxylic acids is 2. The number of hydrogen-bond acceptors (Lipinski definition) is 7. The van der Waals surface area contributed by atoms with Gasteiger partial charge in [0.1, 0.15) is 12.2 Å². The molecule has 0 bridgehead atoms. The number of anilines is 2. The zero-order chi connectivity index (χ0) is 40.4. The van der Waals surface area contributed by atoms with Crippen LogP contribution in [0.25, 0.3) is 0 Å². The highest BCUT2D eigenvalue weighted by molar-refractivity contribution is 14.1. The smallest absolute Gasteiger partial charge is 0.303 e. The average Bonchev–Trinajstić information content (AvgIpc) is 3.11. The predicted molar refractivity (Wildman–Crippen MR) is 268 cm³/mol. The van der Waals surface area contributed by atoms with Crippen molar-refractivity contribution in [3.63, 3.8) is 0 Å². The van der Waals surface area contributed by atoms with Gasteiger partial charge in [0, 0.05) is 46.1 Å². The first-order valence-corrected chi connectivity index (χ1v) is 25.3. The van der Waals surface area contributed by atoms with Crippen molar-refractivity contribution in [1.82, 2.24) is 0 Å². The second-order valence-corrected chi connectivity index (χ2v) is 20.8. The van der Waals surface area contributed by atoms with Gasteiger partial charge in [-0.05, 0) is 184 Å². The second kappa shape index (κ2) is 27.7. The molecule has 15 heteroatoms. The summed E-state index contributed by atoms with van der Waals surface area (Å²) in [6, 6.07) is 3.97. The third-order valence-electron chi connectivity index (χ3n) is 9.88. The zero-order valence-corrected chi connectivity index (χ0v) is 43.5. The molecule has 0 amide bonds. The van der Waals surface area contributed by atoms with Crippen LogP contribution in [0.5, 0.6) is 0 Å². The van der Waals surface area contributed by atoms with E-state index in [2.05, 4.69) is 136 Å². The average molecular weight is 1420 g/mol. The van der Waals surface area contributed by atoms with Crippen molar-refractivity contribution in [2.24, 2.45) is 0 Å². The molecule has 4 atom stereocenters. The SMILES string of the molecule is Nc1c(I)cc(I)c(C(CCCCCCCCCCC(=O)O)C(O)C(=O)C(O)C(CCCCCCCCCCC(=O)O)c2c(I)cc(I)c(N)c2I)c1I. The molecule has 0 aliphatic heterocycles. The van der Waals surface area contributed by atoms with E-state index >= 15 is 0 Å². The van der Waals surface area contributed by atoms with E-state index in [1.165, 1.54) is 0 Å². The van der Waals surface area contributed by atoms with Gasteiger partial charge in [0.2, 0.25) is 0 Å². The van der Waals surface area contributed by atoms with E-state index < -0.39 is 41.8 Å². The Bertz CT molecular complexity index is 1420. The van der Waals surface area contributed by atoms with Crippen molar-refractivity contribution in [2.75, 3.05) is 11.5 Å². The van der Waals surface area contributed by atoms with Gasteiger partial charge >= 0.3 is 11.9 Å². The zero-order valence-electron chi connectivity index (χ0n) is 30.5. The Balaban J connectivity index is 2.24. The summed E-state index contributed by atoms with van der Waals surface area (Å²) in [4.78, 5) is 35.9. The Morgan fingerprint density at radius 3 is 1.06 bits per heavy atom. The molecule has 0 aromatic heterocycles. The number of hydrogen-bond donors (Lipinski definition) is 6. The molecule has 0 saturated heterocycles. The standard InChI is InChI=1S/C39H54I6N2O7/c40-25-21-27(42)35(46)33(44)31(25)23(17-13-9-5-1-3-7-11-15-19-29(48)49)37(52)39(54)38(53)24(32-26(41)22-28(43)36(47)34(32)45)18-14-10-6-2-4-8-12-16-20-30(50)51/h21-24,37-38,52-53H,1-20,46-47H2,(H,48,49)(H,50,51). The minimum absolute atomic E-state index is 0.218. The molecular weight excluding hydrogens is 1370 g/mol. The molecule has 0 radical (unpaired) electrons. The van der Waals surface area contributed by atoms with Gasteiger partial charge in [-0.3, -0.25) is 14.4 Å². The third kappa shape index (κ3) is 17.3. The van der Waals surface area contributed by atoms with Crippen LogP contribution in [-0.2, 0) is 14.4 Å². The molecule has 0 spiro atoms. The monoisotopic (exact) mass is 1420 g/mol. The Labute approximate surface area is 402 Å². The lowest BCUT2D eigenvalue weighted by Gasteiger charge is -2.31. The number of nitrogens with two attached hydrogens (primary N) is 2. The topological polar surface area (TPSA) is 184 Å². The van der Waals surface area contributed by atoms with Crippen molar-refractivity contribution in [3.05, 3.63) is 44.7 Å². The Morgan fingerprint density at radius 1 is 0.481 bits per heavy atom. The summed E-state index contributed by atoms with van der Waals surface area (Å²) in [7, 11) is 0. The van der Waals surface area contributed by atoms with Crippen LogP contribution in [0.15, 0.2) is 12.1 Å². The third-order valence-corrected chi connectivity index (χ3v) is 15.8. The molecule has 0 heterocycles. The summed E-state index contributed by atoms with van der Waals surface area (Å²) in [5.74, 6) is -3.17. The van der Waals surface area contributed by atoms with Gasteiger partial charge in [-0.1, -0.05) is 89.9 Å². The van der Waals surface area contributed by atoms with Gasteiger partial charge in [0.15, 0.2) is 5.78 Å². The van der Waals surface area contributed by atoms with Crippen LogP contribution in [0.3, 0.4) is 0 Å². The lowest BCUT2D eigenvalue weighted by molar-refractivity contribution is -0.138. The van der Waals surface area contributed by atoms with Gasteiger partial charge in [0.25, 0.3) is 0 Å². The van der Waals surface area contributed by atoms with E-state index in [0.717, 1.165) is 122 Å². The minimum Gasteiger partial charge on any atom is -0.481 e. The molecule has 54 heavy (non-hydrogen) atoms. The molecule has 9 nitrogen and oxygen atoms in total. The first-order valence-electron chi connectivity index (χ1n) is 18.8. The normalized spacial score (nSPS) is 13.8. The number of rotatable bonds is 28. The molecule has 304 valence electrons. The quantitative estimate of drug-likeness (QED) is 0.0274.